The van der Waals surface area contributed by atoms with E-state index in [1.165, 1.54) is 0 Å². The number of hydrogen-bond donors (Lipinski definition) is 4. The molecule has 5 rings (SSSR count). The lowest BCUT2D eigenvalue weighted by Crippen LogP contribution is -2.59. The van der Waals surface area contributed by atoms with Crippen LogP contribution in [0.2, 0.25) is 0 Å². The first-order valence-electron chi connectivity index (χ1n) is 13.2. The van der Waals surface area contributed by atoms with E-state index in [4.69, 9.17) is 0 Å². The van der Waals surface area contributed by atoms with Crippen LogP contribution < -0.4 is 16.0 Å². The van der Waals surface area contributed by atoms with E-state index in [1.54, 1.807) is 4.90 Å². The molecule has 4 aliphatic rings. The average molecular weight is 511 g/mol. The average Bonchev–Trinajstić information content (AvgIpc) is 3.68. The highest BCUT2D eigenvalue weighted by Crippen LogP contribution is 2.45. The molecule has 10 nitrogen and oxygen atoms in total. The highest BCUT2D eigenvalue weighted by atomic mass is 16.3. The van der Waals surface area contributed by atoms with Gasteiger partial charge in [-0.3, -0.25) is 24.0 Å². The molecule has 1 aliphatic carbocycles. The van der Waals surface area contributed by atoms with Crippen molar-refractivity contribution in [3.63, 3.8) is 0 Å². The zero-order valence-electron chi connectivity index (χ0n) is 20.8. The highest BCUT2D eigenvalue weighted by Gasteiger charge is 2.56. The number of rotatable bonds is 8. The Morgan fingerprint density at radius 2 is 1.92 bits per heavy atom. The SMILES string of the molecule is O=C1CC[C@](C(=O)N2C[C@@H]3CCC[C@@H]3[C@H]2C(=O)N[C@@H](C[C@H]2CCNC2=O)C(=O)CO)(c2ccccc2)N1. The Hall–Kier alpha value is -3.27. The first-order valence-corrected chi connectivity index (χ1v) is 13.2. The molecule has 1 saturated carbocycles. The molecular weight excluding hydrogens is 476 g/mol. The maximum absolute atomic E-state index is 14.2. The standard InChI is InChI=1S/C27H34N4O6/c32-15-21(33)20(13-16-10-12-28-24(16)35)29-25(36)23-19-8-4-5-17(19)14-31(23)26(37)27(11-9-22(34)30-27)18-6-2-1-3-7-18/h1-3,6-7,16-17,19-20,23,32H,4-5,8-15H2,(H,28,35)(H,29,36)(H,30,34)/t16-,17+,19+,20+,23+,27-/m1/s1. The second-order valence-electron chi connectivity index (χ2n) is 10.8. The number of aliphatic hydroxyl groups is 1. The molecule has 0 bridgehead atoms. The number of fused-ring (bicyclic) bond motifs is 1. The first-order chi connectivity index (χ1) is 17.8. The minimum Gasteiger partial charge on any atom is -0.389 e. The summed E-state index contributed by atoms with van der Waals surface area (Å²) in [4.78, 5) is 66.6. The maximum atomic E-state index is 14.2. The van der Waals surface area contributed by atoms with Gasteiger partial charge in [0.25, 0.3) is 5.91 Å². The predicted octanol–water partition coefficient (Wildman–Crippen LogP) is -0.00860. The van der Waals surface area contributed by atoms with Crippen LogP contribution in [0.3, 0.4) is 0 Å². The number of Topliss-reactive ketones (excluding diaryl/α,β-unsaturated/α-hetero) is 1. The number of carbonyl (C=O) groups excluding carboxylic acids is 5. The number of carbonyl (C=O) groups is 5. The summed E-state index contributed by atoms with van der Waals surface area (Å²) < 4.78 is 0. The summed E-state index contributed by atoms with van der Waals surface area (Å²) in [5.74, 6) is -1.99. The fraction of sp³-hybridized carbons (Fsp3) is 0.593. The number of likely N-dealkylation sites (tertiary alicyclic amines) is 1. The Labute approximate surface area is 215 Å². The molecule has 0 unspecified atom stereocenters. The predicted molar refractivity (Wildman–Crippen MR) is 132 cm³/mol. The Bertz CT molecular complexity index is 1090. The van der Waals surface area contributed by atoms with Crippen LogP contribution in [0.4, 0.5) is 0 Å². The monoisotopic (exact) mass is 510 g/mol. The topological polar surface area (TPSA) is 145 Å². The van der Waals surface area contributed by atoms with Crippen molar-refractivity contribution in [3.05, 3.63) is 35.9 Å². The van der Waals surface area contributed by atoms with Gasteiger partial charge >= 0.3 is 0 Å². The fourth-order valence-electron chi connectivity index (χ4n) is 6.78. The van der Waals surface area contributed by atoms with Gasteiger partial charge in [-0.1, -0.05) is 36.8 Å². The molecule has 4 amide bonds. The van der Waals surface area contributed by atoms with Gasteiger partial charge in [0.2, 0.25) is 17.7 Å². The van der Waals surface area contributed by atoms with E-state index in [1.807, 2.05) is 30.3 Å². The van der Waals surface area contributed by atoms with Crippen molar-refractivity contribution in [1.82, 2.24) is 20.9 Å². The number of ketones is 1. The highest BCUT2D eigenvalue weighted by molar-refractivity contribution is 5.99. The van der Waals surface area contributed by atoms with Gasteiger partial charge in [0.05, 0.1) is 6.04 Å². The molecule has 4 fully saturated rings. The Morgan fingerprint density at radius 3 is 2.57 bits per heavy atom. The molecule has 6 atom stereocenters. The van der Waals surface area contributed by atoms with E-state index >= 15 is 0 Å². The molecule has 0 radical (unpaired) electrons. The molecule has 0 spiro atoms. The van der Waals surface area contributed by atoms with Crippen molar-refractivity contribution in [2.24, 2.45) is 17.8 Å². The Morgan fingerprint density at radius 1 is 1.14 bits per heavy atom. The van der Waals surface area contributed by atoms with Crippen molar-refractivity contribution in [2.75, 3.05) is 19.7 Å². The summed E-state index contributed by atoms with van der Waals surface area (Å²) in [6, 6.07) is 7.32. The largest absolute Gasteiger partial charge is 0.389 e. The summed E-state index contributed by atoms with van der Waals surface area (Å²) in [6.45, 7) is 0.177. The van der Waals surface area contributed by atoms with E-state index < -0.39 is 41.8 Å². The molecule has 3 heterocycles. The first kappa shape index (κ1) is 25.4. The Kier molecular flexibility index (Phi) is 7.02. The van der Waals surface area contributed by atoms with Crippen LogP contribution >= 0.6 is 0 Å². The number of amides is 4. The summed E-state index contributed by atoms with van der Waals surface area (Å²) >= 11 is 0. The van der Waals surface area contributed by atoms with E-state index in [0.29, 0.717) is 31.5 Å². The molecule has 0 aromatic heterocycles. The van der Waals surface area contributed by atoms with Crippen molar-refractivity contribution < 1.29 is 29.1 Å². The van der Waals surface area contributed by atoms with E-state index in [9.17, 15) is 29.1 Å². The van der Waals surface area contributed by atoms with Gasteiger partial charge in [-0.25, -0.2) is 0 Å². The molecular formula is C27H34N4O6. The second kappa shape index (κ2) is 10.2. The summed E-state index contributed by atoms with van der Waals surface area (Å²) in [7, 11) is 0. The van der Waals surface area contributed by atoms with Gasteiger partial charge < -0.3 is 26.0 Å². The van der Waals surface area contributed by atoms with Crippen LogP contribution in [0.15, 0.2) is 30.3 Å². The molecule has 1 aromatic rings. The van der Waals surface area contributed by atoms with Crippen molar-refractivity contribution in [1.29, 1.82) is 0 Å². The third-order valence-electron chi connectivity index (χ3n) is 8.68. The van der Waals surface area contributed by atoms with Crippen LogP contribution in [0.25, 0.3) is 0 Å². The van der Waals surface area contributed by atoms with E-state index in [-0.39, 0.29) is 42.4 Å². The molecule has 4 N–H and O–H groups in total. The zero-order valence-corrected chi connectivity index (χ0v) is 20.8. The minimum absolute atomic E-state index is 0.0477. The lowest BCUT2D eigenvalue weighted by Gasteiger charge is -2.36. The Balaban J connectivity index is 1.42. The van der Waals surface area contributed by atoms with Crippen molar-refractivity contribution in [2.45, 2.75) is 62.6 Å². The maximum Gasteiger partial charge on any atom is 0.253 e. The van der Waals surface area contributed by atoms with Gasteiger partial charge in [0.15, 0.2) is 5.78 Å². The smallest absolute Gasteiger partial charge is 0.253 e. The van der Waals surface area contributed by atoms with E-state index in [0.717, 1.165) is 19.3 Å². The summed E-state index contributed by atoms with van der Waals surface area (Å²) in [5.41, 5.74) is -0.555. The fourth-order valence-corrected chi connectivity index (χ4v) is 6.78. The van der Waals surface area contributed by atoms with Crippen LogP contribution in [0.5, 0.6) is 0 Å². The van der Waals surface area contributed by atoms with E-state index in [2.05, 4.69) is 16.0 Å². The third kappa shape index (κ3) is 4.63. The summed E-state index contributed by atoms with van der Waals surface area (Å²) in [5, 5.41) is 18.0. The number of hydrogen-bond acceptors (Lipinski definition) is 6. The molecule has 10 heteroatoms. The number of nitrogens with one attached hydrogen (secondary N) is 3. The van der Waals surface area contributed by atoms with Crippen LogP contribution in [0.1, 0.15) is 50.5 Å². The lowest BCUT2D eigenvalue weighted by atomic mass is 9.86. The van der Waals surface area contributed by atoms with Crippen LogP contribution in [-0.4, -0.2) is 71.2 Å². The van der Waals surface area contributed by atoms with Crippen LogP contribution in [0, 0.1) is 17.8 Å². The second-order valence-corrected chi connectivity index (χ2v) is 10.8. The third-order valence-corrected chi connectivity index (χ3v) is 8.68. The van der Waals surface area contributed by atoms with Gasteiger partial charge in [-0.2, -0.15) is 0 Å². The van der Waals surface area contributed by atoms with Crippen molar-refractivity contribution >= 4 is 29.4 Å². The number of aliphatic hydroxyl groups excluding tert-OH is 1. The molecule has 3 aliphatic heterocycles. The number of benzene rings is 1. The molecule has 1 aromatic carbocycles. The minimum atomic E-state index is -1.24. The van der Waals surface area contributed by atoms with Crippen molar-refractivity contribution in [3.8, 4) is 0 Å². The van der Waals surface area contributed by atoms with Gasteiger partial charge in [0, 0.05) is 25.4 Å². The number of nitrogens with zero attached hydrogens (tertiary/aromatic N) is 1. The molecule has 37 heavy (non-hydrogen) atoms. The molecule has 3 saturated heterocycles. The van der Waals surface area contributed by atoms with Gasteiger partial charge in [0.1, 0.15) is 18.2 Å². The van der Waals surface area contributed by atoms with Gasteiger partial charge in [-0.15, -0.1) is 0 Å². The molecule has 198 valence electrons. The summed E-state index contributed by atoms with van der Waals surface area (Å²) in [6.07, 6.45) is 3.84. The normalized spacial score (nSPS) is 31.5. The van der Waals surface area contributed by atoms with Crippen LogP contribution in [-0.2, 0) is 29.5 Å². The zero-order chi connectivity index (χ0) is 26.2. The quantitative estimate of drug-likeness (QED) is 0.387. The lowest BCUT2D eigenvalue weighted by molar-refractivity contribution is -0.146. The van der Waals surface area contributed by atoms with Gasteiger partial charge in [-0.05, 0) is 49.5 Å².